The molecule has 1 heterocycles. The zero-order valence-corrected chi connectivity index (χ0v) is 10.4. The van der Waals surface area contributed by atoms with Gasteiger partial charge in [-0.3, -0.25) is 0 Å². The fraction of sp³-hybridized carbons (Fsp3) is 0.923. The molecule has 2 bridgehead atoms. The van der Waals surface area contributed by atoms with E-state index in [0.717, 1.165) is 37.4 Å². The van der Waals surface area contributed by atoms with E-state index in [9.17, 15) is 4.79 Å². The Balaban J connectivity index is 1.43. The molecule has 1 saturated heterocycles. The van der Waals surface area contributed by atoms with Crippen molar-refractivity contribution in [2.24, 2.45) is 17.8 Å². The number of nitrogens with one attached hydrogen (secondary N) is 1. The predicted octanol–water partition coefficient (Wildman–Crippen LogP) is 1.46. The van der Waals surface area contributed by atoms with Crippen molar-refractivity contribution in [2.75, 3.05) is 32.8 Å². The molecule has 2 aliphatic carbocycles. The van der Waals surface area contributed by atoms with Crippen LogP contribution in [0.15, 0.2) is 0 Å². The summed E-state index contributed by atoms with van der Waals surface area (Å²) in [5.74, 6) is 2.61. The van der Waals surface area contributed by atoms with E-state index < -0.39 is 0 Å². The van der Waals surface area contributed by atoms with Crippen LogP contribution in [0.25, 0.3) is 0 Å². The Kier molecular flexibility index (Phi) is 3.23. The van der Waals surface area contributed by atoms with E-state index in [1.807, 2.05) is 4.90 Å². The Morgan fingerprint density at radius 1 is 1.24 bits per heavy atom. The molecule has 3 aliphatic rings. The molecular formula is C13H22N2O2. The molecule has 96 valence electrons. The largest absolute Gasteiger partial charge is 0.378 e. The van der Waals surface area contributed by atoms with E-state index in [-0.39, 0.29) is 6.03 Å². The number of carbonyl (C=O) groups is 1. The van der Waals surface area contributed by atoms with Crippen LogP contribution in [0.1, 0.15) is 25.7 Å². The molecule has 3 fully saturated rings. The van der Waals surface area contributed by atoms with Gasteiger partial charge in [0, 0.05) is 19.6 Å². The van der Waals surface area contributed by atoms with Gasteiger partial charge < -0.3 is 15.0 Å². The number of nitrogens with zero attached hydrogens (tertiary/aromatic N) is 1. The van der Waals surface area contributed by atoms with E-state index in [1.54, 1.807) is 0 Å². The van der Waals surface area contributed by atoms with Gasteiger partial charge in [-0.25, -0.2) is 4.79 Å². The highest BCUT2D eigenvalue weighted by molar-refractivity contribution is 5.74. The highest BCUT2D eigenvalue weighted by atomic mass is 16.5. The van der Waals surface area contributed by atoms with Crippen LogP contribution in [-0.2, 0) is 4.74 Å². The van der Waals surface area contributed by atoms with Gasteiger partial charge in [0.1, 0.15) is 0 Å². The maximum Gasteiger partial charge on any atom is 0.317 e. The lowest BCUT2D eigenvalue weighted by atomic mass is 9.89. The van der Waals surface area contributed by atoms with Crippen molar-refractivity contribution < 1.29 is 9.53 Å². The lowest BCUT2D eigenvalue weighted by Crippen LogP contribution is -2.47. The van der Waals surface area contributed by atoms with Crippen molar-refractivity contribution in [1.82, 2.24) is 10.2 Å². The number of hydrogen-bond acceptors (Lipinski definition) is 2. The summed E-state index contributed by atoms with van der Waals surface area (Å²) < 4.78 is 5.25. The number of rotatable bonds is 2. The van der Waals surface area contributed by atoms with Crippen LogP contribution >= 0.6 is 0 Å². The molecule has 3 rings (SSSR count). The van der Waals surface area contributed by atoms with E-state index in [1.165, 1.54) is 25.7 Å². The number of amides is 2. The van der Waals surface area contributed by atoms with E-state index in [0.29, 0.717) is 13.2 Å². The zero-order valence-electron chi connectivity index (χ0n) is 10.4. The van der Waals surface area contributed by atoms with Crippen LogP contribution in [-0.4, -0.2) is 43.8 Å². The predicted molar refractivity (Wildman–Crippen MR) is 64.7 cm³/mol. The molecule has 0 radical (unpaired) electrons. The van der Waals surface area contributed by atoms with Gasteiger partial charge in [0.15, 0.2) is 0 Å². The SMILES string of the molecule is O=C(NC[C@H]1C[C@H]2CC[C@@H]1C2)N1CCOCC1. The molecule has 0 unspecified atom stereocenters. The first-order chi connectivity index (χ1) is 8.33. The first-order valence-corrected chi connectivity index (χ1v) is 6.93. The second-order valence-electron chi connectivity index (χ2n) is 5.72. The number of hydrogen-bond donors (Lipinski definition) is 1. The average molecular weight is 238 g/mol. The Bertz CT molecular complexity index is 289. The lowest BCUT2D eigenvalue weighted by molar-refractivity contribution is 0.0528. The van der Waals surface area contributed by atoms with Gasteiger partial charge in [0.25, 0.3) is 0 Å². The molecule has 17 heavy (non-hydrogen) atoms. The number of ether oxygens (including phenoxy) is 1. The minimum Gasteiger partial charge on any atom is -0.378 e. The van der Waals surface area contributed by atoms with Crippen molar-refractivity contribution in [1.29, 1.82) is 0 Å². The van der Waals surface area contributed by atoms with E-state index >= 15 is 0 Å². The Hall–Kier alpha value is -0.770. The third-order valence-corrected chi connectivity index (χ3v) is 4.70. The molecule has 0 aromatic rings. The normalized spacial score (nSPS) is 36.2. The van der Waals surface area contributed by atoms with Crippen LogP contribution in [0.4, 0.5) is 4.79 Å². The molecule has 4 nitrogen and oxygen atoms in total. The summed E-state index contributed by atoms with van der Waals surface area (Å²) in [5.41, 5.74) is 0. The Morgan fingerprint density at radius 3 is 2.71 bits per heavy atom. The van der Waals surface area contributed by atoms with Gasteiger partial charge >= 0.3 is 6.03 Å². The number of carbonyl (C=O) groups excluding carboxylic acids is 1. The standard InChI is InChI=1S/C13H22N2O2/c16-13(15-3-5-17-6-4-15)14-9-12-8-10-1-2-11(12)7-10/h10-12H,1-9H2,(H,14,16)/t10-,11+,12+/m0/s1. The average Bonchev–Trinajstić information content (AvgIpc) is 2.99. The van der Waals surface area contributed by atoms with Crippen molar-refractivity contribution in [3.05, 3.63) is 0 Å². The maximum atomic E-state index is 11.9. The first-order valence-electron chi connectivity index (χ1n) is 6.93. The molecule has 3 atom stereocenters. The fourth-order valence-electron chi connectivity index (χ4n) is 3.72. The lowest BCUT2D eigenvalue weighted by Gasteiger charge is -2.28. The number of urea groups is 1. The Morgan fingerprint density at radius 2 is 2.06 bits per heavy atom. The van der Waals surface area contributed by atoms with Crippen LogP contribution in [0.2, 0.25) is 0 Å². The topological polar surface area (TPSA) is 41.6 Å². The van der Waals surface area contributed by atoms with Gasteiger partial charge in [0.2, 0.25) is 0 Å². The molecule has 0 aromatic heterocycles. The third kappa shape index (κ3) is 2.41. The maximum absolute atomic E-state index is 11.9. The molecule has 2 amide bonds. The Labute approximate surface area is 103 Å². The van der Waals surface area contributed by atoms with Crippen LogP contribution in [0.5, 0.6) is 0 Å². The van der Waals surface area contributed by atoms with Gasteiger partial charge in [-0.2, -0.15) is 0 Å². The fourth-order valence-corrected chi connectivity index (χ4v) is 3.72. The summed E-state index contributed by atoms with van der Waals surface area (Å²) in [4.78, 5) is 13.8. The molecule has 0 aromatic carbocycles. The van der Waals surface area contributed by atoms with Crippen LogP contribution in [0, 0.1) is 17.8 Å². The van der Waals surface area contributed by atoms with Gasteiger partial charge in [0.05, 0.1) is 13.2 Å². The summed E-state index contributed by atoms with van der Waals surface area (Å²) in [6, 6.07) is 0.107. The van der Waals surface area contributed by atoms with Crippen molar-refractivity contribution in [2.45, 2.75) is 25.7 Å². The van der Waals surface area contributed by atoms with Crippen molar-refractivity contribution in [3.63, 3.8) is 0 Å². The van der Waals surface area contributed by atoms with Crippen molar-refractivity contribution in [3.8, 4) is 0 Å². The molecule has 1 aliphatic heterocycles. The monoisotopic (exact) mass is 238 g/mol. The second kappa shape index (κ2) is 4.84. The summed E-state index contributed by atoms with van der Waals surface area (Å²) in [6.45, 7) is 3.73. The summed E-state index contributed by atoms with van der Waals surface area (Å²) in [6.07, 6.45) is 5.58. The third-order valence-electron chi connectivity index (χ3n) is 4.70. The van der Waals surface area contributed by atoms with Gasteiger partial charge in [-0.05, 0) is 37.0 Å². The van der Waals surface area contributed by atoms with Crippen LogP contribution in [0.3, 0.4) is 0 Å². The van der Waals surface area contributed by atoms with Gasteiger partial charge in [-0.15, -0.1) is 0 Å². The quantitative estimate of drug-likeness (QED) is 0.791. The summed E-state index contributed by atoms with van der Waals surface area (Å²) in [5, 5.41) is 3.11. The summed E-state index contributed by atoms with van der Waals surface area (Å²) >= 11 is 0. The molecule has 1 N–H and O–H groups in total. The smallest absolute Gasteiger partial charge is 0.317 e. The van der Waals surface area contributed by atoms with E-state index in [4.69, 9.17) is 4.74 Å². The second-order valence-corrected chi connectivity index (χ2v) is 5.72. The first kappa shape index (κ1) is 11.3. The zero-order chi connectivity index (χ0) is 11.7. The summed E-state index contributed by atoms with van der Waals surface area (Å²) in [7, 11) is 0. The molecule has 2 saturated carbocycles. The molecule has 4 heteroatoms. The number of morpholine rings is 1. The van der Waals surface area contributed by atoms with Crippen molar-refractivity contribution >= 4 is 6.03 Å². The molecule has 0 spiro atoms. The highest BCUT2D eigenvalue weighted by Gasteiger charge is 2.39. The highest BCUT2D eigenvalue weighted by Crippen LogP contribution is 2.47. The minimum absolute atomic E-state index is 0.107. The van der Waals surface area contributed by atoms with Gasteiger partial charge in [-0.1, -0.05) is 6.42 Å². The van der Waals surface area contributed by atoms with Crippen LogP contribution < -0.4 is 5.32 Å². The molecular weight excluding hydrogens is 216 g/mol. The minimum atomic E-state index is 0.107. The number of fused-ring (bicyclic) bond motifs is 2. The van der Waals surface area contributed by atoms with E-state index in [2.05, 4.69) is 5.32 Å².